The highest BCUT2D eigenvalue weighted by molar-refractivity contribution is 9.10. The Morgan fingerprint density at radius 3 is 2.59 bits per heavy atom. The van der Waals surface area contributed by atoms with Crippen molar-refractivity contribution in [2.75, 3.05) is 11.6 Å². The van der Waals surface area contributed by atoms with Gasteiger partial charge in [-0.25, -0.2) is 9.97 Å². The van der Waals surface area contributed by atoms with Gasteiger partial charge in [0.15, 0.2) is 0 Å². The predicted molar refractivity (Wildman–Crippen MR) is 77.7 cm³/mol. The van der Waals surface area contributed by atoms with Crippen molar-refractivity contribution in [3.63, 3.8) is 0 Å². The zero-order valence-corrected chi connectivity index (χ0v) is 12.6. The van der Waals surface area contributed by atoms with Crippen molar-refractivity contribution < 1.29 is 0 Å². The molecule has 0 saturated heterocycles. The summed E-state index contributed by atoms with van der Waals surface area (Å²) in [6.07, 6.45) is 7.32. The fraction of sp³-hybridized carbons (Fsp3) is 0.667. The van der Waals surface area contributed by atoms with Crippen molar-refractivity contribution in [3.8, 4) is 0 Å². The number of aryl methyl sites for hydroxylation is 1. The molecule has 94 valence electrons. The Morgan fingerprint density at radius 1 is 1.29 bits per heavy atom. The van der Waals surface area contributed by atoms with E-state index in [1.54, 1.807) is 0 Å². The molecule has 0 spiro atoms. The van der Waals surface area contributed by atoms with Crippen LogP contribution in [-0.4, -0.2) is 27.5 Å². The minimum absolute atomic E-state index is 0.569. The van der Waals surface area contributed by atoms with Crippen LogP contribution in [0.3, 0.4) is 0 Å². The molecule has 17 heavy (non-hydrogen) atoms. The summed E-state index contributed by atoms with van der Waals surface area (Å²) in [5, 5.41) is 4.37. The first-order chi connectivity index (χ1) is 8.17. The predicted octanol–water partition coefficient (Wildman–Crippen LogP) is 3.63. The van der Waals surface area contributed by atoms with Crippen LogP contribution in [-0.2, 0) is 0 Å². The van der Waals surface area contributed by atoms with Gasteiger partial charge >= 0.3 is 0 Å². The van der Waals surface area contributed by atoms with E-state index in [1.807, 2.05) is 24.8 Å². The van der Waals surface area contributed by atoms with E-state index in [2.05, 4.69) is 37.5 Å². The normalized spacial score (nSPS) is 24.6. The number of hydrogen-bond donors (Lipinski definition) is 1. The molecule has 0 radical (unpaired) electrons. The lowest BCUT2D eigenvalue weighted by Crippen LogP contribution is -2.27. The highest BCUT2D eigenvalue weighted by Crippen LogP contribution is 2.28. The first kappa shape index (κ1) is 13.1. The van der Waals surface area contributed by atoms with E-state index in [4.69, 9.17) is 0 Å². The minimum atomic E-state index is 0.569. The van der Waals surface area contributed by atoms with Crippen LogP contribution in [0.5, 0.6) is 0 Å². The van der Waals surface area contributed by atoms with E-state index in [0.717, 1.165) is 21.5 Å². The maximum atomic E-state index is 4.41. The van der Waals surface area contributed by atoms with E-state index in [1.165, 1.54) is 25.7 Å². The fourth-order valence-corrected chi connectivity index (χ4v) is 3.47. The molecule has 3 nitrogen and oxygen atoms in total. The molecule has 0 atom stereocenters. The van der Waals surface area contributed by atoms with Gasteiger partial charge < -0.3 is 5.32 Å². The third-order valence-electron chi connectivity index (χ3n) is 3.17. The lowest BCUT2D eigenvalue weighted by molar-refractivity contribution is 0.472. The van der Waals surface area contributed by atoms with Gasteiger partial charge in [-0.15, -0.1) is 0 Å². The van der Waals surface area contributed by atoms with Crippen LogP contribution in [0.4, 0.5) is 5.82 Å². The summed E-state index contributed by atoms with van der Waals surface area (Å²) in [6.45, 7) is 1.92. The van der Waals surface area contributed by atoms with E-state index >= 15 is 0 Å². The van der Waals surface area contributed by atoms with Crippen molar-refractivity contribution in [1.29, 1.82) is 0 Å². The van der Waals surface area contributed by atoms with E-state index in [-0.39, 0.29) is 0 Å². The molecule has 1 aliphatic rings. The van der Waals surface area contributed by atoms with Crippen molar-refractivity contribution in [2.24, 2.45) is 0 Å². The number of anilines is 1. The summed E-state index contributed by atoms with van der Waals surface area (Å²) in [5.74, 6) is 1.75. The van der Waals surface area contributed by atoms with Crippen LogP contribution in [0.2, 0.25) is 0 Å². The second kappa shape index (κ2) is 6.05. The minimum Gasteiger partial charge on any atom is -0.367 e. The highest BCUT2D eigenvalue weighted by atomic mass is 79.9. The van der Waals surface area contributed by atoms with Crippen LogP contribution in [0.1, 0.15) is 31.5 Å². The molecule has 1 aliphatic carbocycles. The Hall–Kier alpha value is -0.290. The zero-order chi connectivity index (χ0) is 12.3. The number of thioether (sulfide) groups is 1. The number of halogens is 1. The van der Waals surface area contributed by atoms with Gasteiger partial charge in [0.1, 0.15) is 16.2 Å². The zero-order valence-electron chi connectivity index (χ0n) is 10.2. The number of rotatable bonds is 3. The Morgan fingerprint density at radius 2 is 2.00 bits per heavy atom. The molecule has 1 aromatic heterocycles. The molecule has 1 fully saturated rings. The van der Waals surface area contributed by atoms with E-state index < -0.39 is 0 Å². The van der Waals surface area contributed by atoms with E-state index in [9.17, 15) is 0 Å². The average Bonchev–Trinajstić information content (AvgIpc) is 2.28. The quantitative estimate of drug-likeness (QED) is 0.864. The SMILES string of the molecule is CSC1CCC(Nc2cc(Br)nc(C)n2)CC1. The van der Waals surface area contributed by atoms with Crippen molar-refractivity contribution in [3.05, 3.63) is 16.5 Å². The average molecular weight is 316 g/mol. The van der Waals surface area contributed by atoms with Crippen LogP contribution in [0, 0.1) is 6.92 Å². The standard InChI is InChI=1S/C12H18BrN3S/c1-8-14-11(13)7-12(15-8)16-9-3-5-10(17-2)6-4-9/h7,9-10H,3-6H2,1-2H3,(H,14,15,16). The maximum Gasteiger partial charge on any atom is 0.131 e. The second-order valence-corrected chi connectivity index (χ2v) is 6.43. The third-order valence-corrected chi connectivity index (χ3v) is 4.71. The van der Waals surface area contributed by atoms with Gasteiger partial charge in [-0.3, -0.25) is 0 Å². The fourth-order valence-electron chi connectivity index (χ4n) is 2.26. The monoisotopic (exact) mass is 315 g/mol. The Kier molecular flexibility index (Phi) is 4.68. The van der Waals surface area contributed by atoms with Crippen LogP contribution in [0.15, 0.2) is 10.7 Å². The molecule has 0 bridgehead atoms. The lowest BCUT2D eigenvalue weighted by atomic mass is 9.95. The first-order valence-corrected chi connectivity index (χ1v) is 8.06. The van der Waals surface area contributed by atoms with Crippen LogP contribution >= 0.6 is 27.7 Å². The van der Waals surface area contributed by atoms with Gasteiger partial charge in [0, 0.05) is 17.4 Å². The summed E-state index contributed by atoms with van der Waals surface area (Å²) < 4.78 is 0.852. The van der Waals surface area contributed by atoms with Gasteiger partial charge in [0.2, 0.25) is 0 Å². The molecule has 1 N–H and O–H groups in total. The Labute approximate surface area is 115 Å². The first-order valence-electron chi connectivity index (χ1n) is 5.98. The smallest absolute Gasteiger partial charge is 0.131 e. The number of nitrogens with zero attached hydrogens (tertiary/aromatic N) is 2. The molecule has 0 aromatic carbocycles. The van der Waals surface area contributed by atoms with Crippen LogP contribution in [0.25, 0.3) is 0 Å². The third kappa shape index (κ3) is 3.85. The highest BCUT2D eigenvalue weighted by Gasteiger charge is 2.20. The van der Waals surface area contributed by atoms with Crippen molar-refractivity contribution >= 4 is 33.5 Å². The summed E-state index contributed by atoms with van der Waals surface area (Å²) in [4.78, 5) is 8.62. The summed E-state index contributed by atoms with van der Waals surface area (Å²) >= 11 is 5.40. The summed E-state index contributed by atoms with van der Waals surface area (Å²) in [5.41, 5.74) is 0. The molecule has 5 heteroatoms. The van der Waals surface area contributed by atoms with Gasteiger partial charge in [0.25, 0.3) is 0 Å². The molecule has 1 saturated carbocycles. The Balaban J connectivity index is 1.93. The van der Waals surface area contributed by atoms with Gasteiger partial charge in [-0.2, -0.15) is 11.8 Å². The lowest BCUT2D eigenvalue weighted by Gasteiger charge is -2.28. The van der Waals surface area contributed by atoms with Gasteiger partial charge in [-0.05, 0) is 54.8 Å². The van der Waals surface area contributed by atoms with Crippen LogP contribution < -0.4 is 5.32 Å². The molecule has 2 rings (SSSR count). The second-order valence-electron chi connectivity index (χ2n) is 4.48. The van der Waals surface area contributed by atoms with Gasteiger partial charge in [0.05, 0.1) is 0 Å². The number of hydrogen-bond acceptors (Lipinski definition) is 4. The summed E-state index contributed by atoms with van der Waals surface area (Å²) in [6, 6.07) is 2.52. The van der Waals surface area contributed by atoms with Crippen molar-refractivity contribution in [2.45, 2.75) is 43.9 Å². The molecule has 1 heterocycles. The number of nitrogens with one attached hydrogen (secondary N) is 1. The Bertz CT molecular complexity index is 358. The molecule has 0 unspecified atom stereocenters. The van der Waals surface area contributed by atoms with Gasteiger partial charge in [-0.1, -0.05) is 0 Å². The molecule has 0 amide bonds. The topological polar surface area (TPSA) is 37.8 Å². The molecule has 1 aromatic rings. The molecular formula is C12H18BrN3S. The largest absolute Gasteiger partial charge is 0.367 e. The van der Waals surface area contributed by atoms with Crippen molar-refractivity contribution in [1.82, 2.24) is 9.97 Å². The molecule has 0 aliphatic heterocycles. The summed E-state index contributed by atoms with van der Waals surface area (Å²) in [7, 11) is 0. The molecular weight excluding hydrogens is 298 g/mol. The van der Waals surface area contributed by atoms with E-state index in [0.29, 0.717) is 6.04 Å². The number of aromatic nitrogens is 2. The maximum absolute atomic E-state index is 4.41.